The van der Waals surface area contributed by atoms with Crippen LogP contribution in [0.1, 0.15) is 4.88 Å². The summed E-state index contributed by atoms with van der Waals surface area (Å²) in [5, 5.41) is 4.68. The summed E-state index contributed by atoms with van der Waals surface area (Å²) in [7, 11) is 1.37. The second-order valence-corrected chi connectivity index (χ2v) is 7.42. The zero-order valence-electron chi connectivity index (χ0n) is 12.2. The van der Waals surface area contributed by atoms with Crippen LogP contribution >= 0.6 is 11.3 Å². The monoisotopic (exact) mass is 326 g/mol. The van der Waals surface area contributed by atoms with E-state index in [4.69, 9.17) is 4.74 Å². The molecular formula is C14H18N2O3S2. The van der Waals surface area contributed by atoms with Crippen molar-refractivity contribution < 1.29 is 13.2 Å². The SMILES string of the molecule is CNCc1cc(S(=O)(=O)N(C)c2cccc(OC)c2)cs1. The number of benzene rings is 1. The Labute approximate surface area is 129 Å². The second-order valence-electron chi connectivity index (χ2n) is 4.45. The highest BCUT2D eigenvalue weighted by Gasteiger charge is 2.23. The molecule has 1 N–H and O–H groups in total. The van der Waals surface area contributed by atoms with Gasteiger partial charge in [0, 0.05) is 29.9 Å². The third-order valence-electron chi connectivity index (χ3n) is 3.06. The van der Waals surface area contributed by atoms with Gasteiger partial charge in [0.2, 0.25) is 0 Å². The molecule has 0 aliphatic rings. The molecule has 0 amide bonds. The maximum absolute atomic E-state index is 12.6. The van der Waals surface area contributed by atoms with E-state index in [0.717, 1.165) is 4.88 Å². The average molecular weight is 326 g/mol. The molecule has 0 saturated heterocycles. The van der Waals surface area contributed by atoms with Gasteiger partial charge in [0.05, 0.1) is 17.7 Å². The number of nitrogens with one attached hydrogen (secondary N) is 1. The van der Waals surface area contributed by atoms with Crippen molar-refractivity contribution in [3.63, 3.8) is 0 Å². The van der Waals surface area contributed by atoms with Crippen molar-refractivity contribution in [1.29, 1.82) is 0 Å². The maximum atomic E-state index is 12.6. The van der Waals surface area contributed by atoms with E-state index in [1.54, 1.807) is 49.9 Å². The Kier molecular flexibility index (Phi) is 4.87. The number of methoxy groups -OCH3 is 1. The van der Waals surface area contributed by atoms with Gasteiger partial charge in [0.1, 0.15) is 5.75 Å². The van der Waals surface area contributed by atoms with E-state index in [9.17, 15) is 8.42 Å². The van der Waals surface area contributed by atoms with Gasteiger partial charge in [0.25, 0.3) is 10.0 Å². The summed E-state index contributed by atoms with van der Waals surface area (Å²) < 4.78 is 31.6. The highest BCUT2D eigenvalue weighted by atomic mass is 32.2. The van der Waals surface area contributed by atoms with Gasteiger partial charge in [-0.1, -0.05) is 6.07 Å². The first kappa shape index (κ1) is 15.8. The topological polar surface area (TPSA) is 58.6 Å². The summed E-state index contributed by atoms with van der Waals surface area (Å²) in [6.45, 7) is 0.656. The normalized spacial score (nSPS) is 11.4. The summed E-state index contributed by atoms with van der Waals surface area (Å²) in [5.41, 5.74) is 0.565. The fraction of sp³-hybridized carbons (Fsp3) is 0.286. The number of hydrogen-bond acceptors (Lipinski definition) is 5. The summed E-state index contributed by atoms with van der Waals surface area (Å²) >= 11 is 1.43. The number of ether oxygens (including phenoxy) is 1. The molecule has 0 aliphatic heterocycles. The van der Waals surface area contributed by atoms with Gasteiger partial charge in [-0.15, -0.1) is 11.3 Å². The van der Waals surface area contributed by atoms with Crippen LogP contribution in [0.2, 0.25) is 0 Å². The minimum atomic E-state index is -3.55. The molecule has 21 heavy (non-hydrogen) atoms. The first-order valence-corrected chi connectivity index (χ1v) is 8.66. The molecule has 0 atom stereocenters. The fourth-order valence-electron chi connectivity index (χ4n) is 1.87. The molecule has 0 saturated carbocycles. The third-order valence-corrected chi connectivity index (χ3v) is 5.91. The highest BCUT2D eigenvalue weighted by Crippen LogP contribution is 2.27. The van der Waals surface area contributed by atoms with E-state index < -0.39 is 10.0 Å². The number of thiophene rings is 1. The standard InChI is InChI=1S/C14H18N2O3S2/c1-15-9-13-8-14(10-20-13)21(17,18)16(2)11-5-4-6-12(7-11)19-3/h4-8,10,15H,9H2,1-3H3. The minimum absolute atomic E-state index is 0.308. The van der Waals surface area contributed by atoms with E-state index in [0.29, 0.717) is 22.9 Å². The Hall–Kier alpha value is -1.57. The first-order valence-electron chi connectivity index (χ1n) is 6.34. The molecule has 7 heteroatoms. The smallest absolute Gasteiger partial charge is 0.264 e. The first-order chi connectivity index (χ1) is 9.98. The third kappa shape index (κ3) is 3.37. The van der Waals surface area contributed by atoms with Crippen molar-refractivity contribution in [3.8, 4) is 5.75 Å². The maximum Gasteiger partial charge on any atom is 0.264 e. The minimum Gasteiger partial charge on any atom is -0.497 e. The lowest BCUT2D eigenvalue weighted by Gasteiger charge is -2.19. The van der Waals surface area contributed by atoms with Crippen LogP contribution in [0.3, 0.4) is 0 Å². The van der Waals surface area contributed by atoms with Crippen molar-refractivity contribution in [2.75, 3.05) is 25.5 Å². The predicted molar refractivity (Wildman–Crippen MR) is 85.7 cm³/mol. The van der Waals surface area contributed by atoms with Gasteiger partial charge in [-0.05, 0) is 25.2 Å². The van der Waals surface area contributed by atoms with Crippen LogP contribution in [0.5, 0.6) is 5.75 Å². The molecule has 0 fully saturated rings. The van der Waals surface area contributed by atoms with E-state index in [1.807, 2.05) is 7.05 Å². The number of hydrogen-bond donors (Lipinski definition) is 1. The summed E-state index contributed by atoms with van der Waals surface area (Å²) in [6.07, 6.45) is 0. The van der Waals surface area contributed by atoms with Crippen LogP contribution in [0, 0.1) is 0 Å². The van der Waals surface area contributed by atoms with E-state index in [1.165, 1.54) is 15.6 Å². The van der Waals surface area contributed by atoms with Crippen LogP contribution in [0.4, 0.5) is 5.69 Å². The molecule has 0 unspecified atom stereocenters. The molecule has 1 aromatic heterocycles. The zero-order chi connectivity index (χ0) is 15.5. The number of rotatable bonds is 6. The molecule has 5 nitrogen and oxygen atoms in total. The van der Waals surface area contributed by atoms with Gasteiger partial charge in [-0.3, -0.25) is 4.31 Å². The van der Waals surface area contributed by atoms with Crippen LogP contribution in [0.15, 0.2) is 40.6 Å². The molecule has 2 rings (SSSR count). The average Bonchev–Trinajstić information content (AvgIpc) is 2.96. The molecule has 2 aromatic rings. The summed E-state index contributed by atoms with van der Waals surface area (Å²) in [4.78, 5) is 1.29. The van der Waals surface area contributed by atoms with Gasteiger partial charge < -0.3 is 10.1 Å². The second kappa shape index (κ2) is 6.46. The number of anilines is 1. The largest absolute Gasteiger partial charge is 0.497 e. The lowest BCUT2D eigenvalue weighted by atomic mass is 10.3. The van der Waals surface area contributed by atoms with Crippen LogP contribution < -0.4 is 14.4 Å². The van der Waals surface area contributed by atoms with Crippen LogP contribution in [0.25, 0.3) is 0 Å². The van der Waals surface area contributed by atoms with Crippen molar-refractivity contribution in [3.05, 3.63) is 40.6 Å². The fourth-order valence-corrected chi connectivity index (χ4v) is 4.33. The number of nitrogens with zero attached hydrogens (tertiary/aromatic N) is 1. The Balaban J connectivity index is 2.32. The Morgan fingerprint density at radius 3 is 2.76 bits per heavy atom. The molecule has 114 valence electrons. The molecule has 0 spiro atoms. The van der Waals surface area contributed by atoms with E-state index in [2.05, 4.69) is 5.32 Å². The van der Waals surface area contributed by atoms with Gasteiger partial charge in [-0.2, -0.15) is 0 Å². The number of sulfonamides is 1. The van der Waals surface area contributed by atoms with Crippen LogP contribution in [-0.4, -0.2) is 29.6 Å². The summed E-state index contributed by atoms with van der Waals surface area (Å²) in [6, 6.07) is 8.67. The van der Waals surface area contributed by atoms with E-state index >= 15 is 0 Å². The zero-order valence-corrected chi connectivity index (χ0v) is 13.8. The summed E-state index contributed by atoms with van der Waals surface area (Å²) in [5.74, 6) is 0.621. The van der Waals surface area contributed by atoms with Crippen molar-refractivity contribution in [1.82, 2.24) is 5.32 Å². The molecule has 1 aromatic carbocycles. The van der Waals surface area contributed by atoms with E-state index in [-0.39, 0.29) is 0 Å². The lowest BCUT2D eigenvalue weighted by molar-refractivity contribution is 0.415. The quantitative estimate of drug-likeness (QED) is 0.885. The Morgan fingerprint density at radius 1 is 1.33 bits per heavy atom. The van der Waals surface area contributed by atoms with Gasteiger partial charge in [0.15, 0.2) is 0 Å². The highest BCUT2D eigenvalue weighted by molar-refractivity contribution is 7.93. The van der Waals surface area contributed by atoms with Crippen molar-refractivity contribution >= 4 is 27.0 Å². The van der Waals surface area contributed by atoms with Crippen molar-refractivity contribution in [2.45, 2.75) is 11.4 Å². The molecular weight excluding hydrogens is 308 g/mol. The lowest BCUT2D eigenvalue weighted by Crippen LogP contribution is -2.26. The molecule has 0 aliphatic carbocycles. The predicted octanol–water partition coefficient (Wildman–Crippen LogP) is 2.30. The van der Waals surface area contributed by atoms with Crippen molar-refractivity contribution in [2.24, 2.45) is 0 Å². The molecule has 1 heterocycles. The van der Waals surface area contributed by atoms with Crippen LogP contribution in [-0.2, 0) is 16.6 Å². The Morgan fingerprint density at radius 2 is 2.10 bits per heavy atom. The van der Waals surface area contributed by atoms with Gasteiger partial charge in [-0.25, -0.2) is 8.42 Å². The molecule has 0 radical (unpaired) electrons. The van der Waals surface area contributed by atoms with Gasteiger partial charge >= 0.3 is 0 Å². The molecule has 0 bridgehead atoms. The Bertz CT molecular complexity index is 711.